The van der Waals surface area contributed by atoms with Crippen LogP contribution in [0.25, 0.3) is 0 Å². The van der Waals surface area contributed by atoms with Gasteiger partial charge in [-0.2, -0.15) is 0 Å². The van der Waals surface area contributed by atoms with Crippen molar-refractivity contribution in [1.29, 1.82) is 0 Å². The van der Waals surface area contributed by atoms with Crippen LogP contribution in [0.1, 0.15) is 47.4 Å². The number of aryl methyl sites for hydroxylation is 2. The van der Waals surface area contributed by atoms with E-state index in [9.17, 15) is 4.79 Å². The van der Waals surface area contributed by atoms with Crippen LogP contribution in [0.5, 0.6) is 0 Å². The zero-order valence-electron chi connectivity index (χ0n) is 13.6. The van der Waals surface area contributed by atoms with E-state index >= 15 is 0 Å². The van der Waals surface area contributed by atoms with Crippen molar-refractivity contribution < 1.29 is 4.79 Å². The van der Waals surface area contributed by atoms with Crippen LogP contribution in [0, 0.1) is 6.92 Å². The molecule has 1 aliphatic heterocycles. The van der Waals surface area contributed by atoms with Crippen molar-refractivity contribution in [2.45, 2.75) is 39.2 Å². The Kier molecular flexibility index (Phi) is 4.71. The molecule has 1 amide bonds. The van der Waals surface area contributed by atoms with Crippen molar-refractivity contribution in [3.05, 3.63) is 52.6 Å². The molecule has 2 aromatic rings. The van der Waals surface area contributed by atoms with Crippen LogP contribution in [0.3, 0.4) is 0 Å². The maximum atomic E-state index is 12.9. The van der Waals surface area contributed by atoms with Crippen molar-refractivity contribution in [2.75, 3.05) is 13.1 Å². The molecule has 1 aliphatic rings. The highest BCUT2D eigenvalue weighted by Gasteiger charge is 2.28. The van der Waals surface area contributed by atoms with E-state index < -0.39 is 0 Å². The molecular formula is C18H22ClN3O. The van der Waals surface area contributed by atoms with Crippen molar-refractivity contribution >= 4 is 17.5 Å². The predicted octanol–water partition coefficient (Wildman–Crippen LogP) is 3.88. The topological polar surface area (TPSA) is 38.1 Å². The van der Waals surface area contributed by atoms with Crippen LogP contribution < -0.4 is 0 Å². The second-order valence-electron chi connectivity index (χ2n) is 6.12. The summed E-state index contributed by atoms with van der Waals surface area (Å²) in [5, 5.41) is 0.667. The summed E-state index contributed by atoms with van der Waals surface area (Å²) < 4.78 is 2.17. The number of imidazole rings is 1. The number of rotatable bonds is 3. The minimum absolute atomic E-state index is 0.0958. The Morgan fingerprint density at radius 2 is 2.26 bits per heavy atom. The molecule has 5 heteroatoms. The summed E-state index contributed by atoms with van der Waals surface area (Å²) in [4.78, 5) is 19.3. The minimum Gasteiger partial charge on any atom is -0.338 e. The zero-order valence-corrected chi connectivity index (χ0v) is 14.4. The third-order valence-electron chi connectivity index (χ3n) is 4.58. The third kappa shape index (κ3) is 3.27. The second kappa shape index (κ2) is 6.75. The number of aromatic nitrogens is 2. The van der Waals surface area contributed by atoms with Gasteiger partial charge in [-0.25, -0.2) is 4.98 Å². The number of amides is 1. The lowest BCUT2D eigenvalue weighted by molar-refractivity contribution is 0.0702. The van der Waals surface area contributed by atoms with Gasteiger partial charge in [0.05, 0.1) is 0 Å². The molecule has 23 heavy (non-hydrogen) atoms. The van der Waals surface area contributed by atoms with Gasteiger partial charge in [-0.15, -0.1) is 0 Å². The number of likely N-dealkylation sites (tertiary alicyclic amines) is 1. The summed E-state index contributed by atoms with van der Waals surface area (Å²) in [6, 6.07) is 5.46. The number of piperidine rings is 1. The largest absolute Gasteiger partial charge is 0.338 e. The van der Waals surface area contributed by atoms with Crippen LogP contribution >= 0.6 is 11.6 Å². The molecule has 4 nitrogen and oxygen atoms in total. The molecule has 0 radical (unpaired) electrons. The first-order valence-electron chi connectivity index (χ1n) is 8.16. The summed E-state index contributed by atoms with van der Waals surface area (Å²) in [5.41, 5.74) is 1.67. The van der Waals surface area contributed by atoms with Gasteiger partial charge in [0.15, 0.2) is 0 Å². The van der Waals surface area contributed by atoms with E-state index in [1.807, 2.05) is 36.4 Å². The fourth-order valence-corrected chi connectivity index (χ4v) is 3.58. The third-order valence-corrected chi connectivity index (χ3v) is 4.82. The first-order valence-corrected chi connectivity index (χ1v) is 8.54. The van der Waals surface area contributed by atoms with Crippen LogP contribution in [0.15, 0.2) is 30.6 Å². The molecule has 1 aromatic carbocycles. The fourth-order valence-electron chi connectivity index (χ4n) is 3.36. The summed E-state index contributed by atoms with van der Waals surface area (Å²) >= 11 is 6.00. The van der Waals surface area contributed by atoms with Gasteiger partial charge in [0.1, 0.15) is 5.82 Å². The lowest BCUT2D eigenvalue weighted by Gasteiger charge is -2.33. The van der Waals surface area contributed by atoms with E-state index in [2.05, 4.69) is 16.5 Å². The number of nitrogens with zero attached hydrogens (tertiary/aromatic N) is 3. The SMILES string of the molecule is CCn1ccnc1C1CCCN(C(=O)c2ccc(Cl)cc2C)C1. The van der Waals surface area contributed by atoms with Gasteiger partial charge in [0.2, 0.25) is 0 Å². The number of hydrogen-bond acceptors (Lipinski definition) is 2. The molecule has 1 atom stereocenters. The average molecular weight is 332 g/mol. The first kappa shape index (κ1) is 16.1. The number of carbonyl (C=O) groups excluding carboxylic acids is 1. The molecule has 122 valence electrons. The Morgan fingerprint density at radius 3 is 3.00 bits per heavy atom. The molecule has 0 N–H and O–H groups in total. The summed E-state index contributed by atoms with van der Waals surface area (Å²) in [7, 11) is 0. The van der Waals surface area contributed by atoms with Crippen LogP contribution in [0.2, 0.25) is 5.02 Å². The Labute approximate surface area is 142 Å². The highest BCUT2D eigenvalue weighted by molar-refractivity contribution is 6.30. The molecule has 0 aliphatic carbocycles. The van der Waals surface area contributed by atoms with Crippen LogP contribution in [0.4, 0.5) is 0 Å². The van der Waals surface area contributed by atoms with E-state index in [0.29, 0.717) is 10.9 Å². The maximum absolute atomic E-state index is 12.9. The summed E-state index contributed by atoms with van der Waals surface area (Å²) in [5.74, 6) is 1.51. The highest BCUT2D eigenvalue weighted by atomic mass is 35.5. The van der Waals surface area contributed by atoms with Gasteiger partial charge < -0.3 is 9.47 Å². The Bertz CT molecular complexity index is 710. The maximum Gasteiger partial charge on any atom is 0.254 e. The van der Waals surface area contributed by atoms with Crippen molar-refractivity contribution in [2.24, 2.45) is 0 Å². The standard InChI is InChI=1S/C18H22ClN3O/c1-3-21-10-8-20-17(21)14-5-4-9-22(12-14)18(23)16-7-6-15(19)11-13(16)2/h6-8,10-11,14H,3-5,9,12H2,1-2H3. The van der Waals surface area contributed by atoms with Crippen molar-refractivity contribution in [3.63, 3.8) is 0 Å². The number of halogens is 1. The van der Waals surface area contributed by atoms with Gasteiger partial charge in [-0.05, 0) is 50.5 Å². The number of carbonyl (C=O) groups is 1. The van der Waals surface area contributed by atoms with Crippen LogP contribution in [-0.4, -0.2) is 33.4 Å². The predicted molar refractivity (Wildman–Crippen MR) is 92.0 cm³/mol. The van der Waals surface area contributed by atoms with Crippen molar-refractivity contribution in [3.8, 4) is 0 Å². The van der Waals surface area contributed by atoms with E-state index in [0.717, 1.165) is 49.4 Å². The van der Waals surface area contributed by atoms with E-state index in [1.54, 1.807) is 6.07 Å². The normalized spacial score (nSPS) is 18.2. The number of hydrogen-bond donors (Lipinski definition) is 0. The number of benzene rings is 1. The Balaban J connectivity index is 1.79. The van der Waals surface area contributed by atoms with Gasteiger partial charge in [0, 0.05) is 48.5 Å². The highest BCUT2D eigenvalue weighted by Crippen LogP contribution is 2.27. The summed E-state index contributed by atoms with van der Waals surface area (Å²) in [6.07, 6.45) is 5.96. The average Bonchev–Trinajstić information content (AvgIpc) is 3.03. The second-order valence-corrected chi connectivity index (χ2v) is 6.56. The summed E-state index contributed by atoms with van der Waals surface area (Å²) in [6.45, 7) is 6.51. The van der Waals surface area contributed by atoms with E-state index in [4.69, 9.17) is 11.6 Å². The molecule has 3 rings (SSSR count). The quantitative estimate of drug-likeness (QED) is 0.856. The molecule has 1 saturated heterocycles. The van der Waals surface area contributed by atoms with E-state index in [-0.39, 0.29) is 5.91 Å². The molecule has 1 fully saturated rings. The smallest absolute Gasteiger partial charge is 0.254 e. The minimum atomic E-state index is 0.0958. The van der Waals surface area contributed by atoms with Crippen LogP contribution in [-0.2, 0) is 6.54 Å². The molecule has 1 unspecified atom stereocenters. The molecule has 0 bridgehead atoms. The fraction of sp³-hybridized carbons (Fsp3) is 0.444. The van der Waals surface area contributed by atoms with Gasteiger partial charge in [-0.3, -0.25) is 4.79 Å². The van der Waals surface area contributed by atoms with Gasteiger partial charge in [0.25, 0.3) is 5.91 Å². The molecule has 2 heterocycles. The molecular weight excluding hydrogens is 310 g/mol. The lowest BCUT2D eigenvalue weighted by atomic mass is 9.96. The zero-order chi connectivity index (χ0) is 16.4. The monoisotopic (exact) mass is 331 g/mol. The molecule has 1 aromatic heterocycles. The Morgan fingerprint density at radius 1 is 1.43 bits per heavy atom. The van der Waals surface area contributed by atoms with Crippen molar-refractivity contribution in [1.82, 2.24) is 14.5 Å². The van der Waals surface area contributed by atoms with E-state index in [1.165, 1.54) is 0 Å². The van der Waals surface area contributed by atoms with Gasteiger partial charge in [-0.1, -0.05) is 11.6 Å². The first-order chi connectivity index (χ1) is 11.1. The lowest BCUT2D eigenvalue weighted by Crippen LogP contribution is -2.40. The van der Waals surface area contributed by atoms with Gasteiger partial charge >= 0.3 is 0 Å². The molecule has 0 saturated carbocycles. The molecule has 0 spiro atoms. The Hall–Kier alpha value is -1.81.